The summed E-state index contributed by atoms with van der Waals surface area (Å²) in [6.45, 7) is 0. The van der Waals surface area contributed by atoms with E-state index in [9.17, 15) is 9.59 Å². The van der Waals surface area contributed by atoms with Gasteiger partial charge in [0, 0.05) is 18.0 Å². The minimum absolute atomic E-state index is 0.244. The largest absolute Gasteiger partial charge is 0.496 e. The zero-order valence-corrected chi connectivity index (χ0v) is 14.3. The lowest BCUT2D eigenvalue weighted by Gasteiger charge is -2.17. The van der Waals surface area contributed by atoms with Crippen molar-refractivity contribution < 1.29 is 14.3 Å². The van der Waals surface area contributed by atoms with Crippen LogP contribution in [0.5, 0.6) is 5.75 Å². The lowest BCUT2D eigenvalue weighted by molar-refractivity contribution is -0.119. The average molecular weight is 349 g/mol. The van der Waals surface area contributed by atoms with Crippen LogP contribution in [0.25, 0.3) is 10.9 Å². The summed E-state index contributed by atoms with van der Waals surface area (Å²) in [4.78, 5) is 28.9. The summed E-state index contributed by atoms with van der Waals surface area (Å²) in [6.07, 6.45) is 1.81. The highest BCUT2D eigenvalue weighted by Crippen LogP contribution is 2.20. The van der Waals surface area contributed by atoms with E-state index in [0.29, 0.717) is 22.2 Å². The quantitative estimate of drug-likeness (QED) is 0.712. The van der Waals surface area contributed by atoms with Gasteiger partial charge in [-0.2, -0.15) is 0 Å². The second kappa shape index (κ2) is 7.65. The fourth-order valence-corrected chi connectivity index (χ4v) is 2.84. The number of carbonyl (C=O) groups excluding carboxylic acids is 2. The molecule has 0 aliphatic rings. The van der Waals surface area contributed by atoms with Crippen LogP contribution >= 0.6 is 0 Å². The molecule has 3 rings (SSSR count). The van der Waals surface area contributed by atoms with Gasteiger partial charge >= 0.3 is 0 Å². The van der Waals surface area contributed by atoms with Crippen LogP contribution in [0.15, 0.2) is 60.8 Å². The van der Waals surface area contributed by atoms with E-state index in [1.165, 1.54) is 0 Å². The van der Waals surface area contributed by atoms with Crippen molar-refractivity contribution in [1.82, 2.24) is 10.3 Å². The zero-order valence-electron chi connectivity index (χ0n) is 14.3. The van der Waals surface area contributed by atoms with Crippen molar-refractivity contribution in [2.24, 2.45) is 5.73 Å². The van der Waals surface area contributed by atoms with Crippen LogP contribution in [0.3, 0.4) is 0 Å². The maximum Gasteiger partial charge on any atom is 0.252 e. The van der Waals surface area contributed by atoms with Crippen LogP contribution in [0, 0.1) is 0 Å². The number of primary amides is 1. The average Bonchev–Trinajstić information content (AvgIpc) is 2.67. The van der Waals surface area contributed by atoms with E-state index >= 15 is 0 Å². The normalized spacial score (nSPS) is 11.7. The summed E-state index contributed by atoms with van der Waals surface area (Å²) in [5.74, 6) is -0.340. The molecule has 0 bridgehead atoms. The van der Waals surface area contributed by atoms with Crippen molar-refractivity contribution in [3.63, 3.8) is 0 Å². The van der Waals surface area contributed by atoms with Crippen LogP contribution in [-0.2, 0) is 11.2 Å². The molecule has 0 aliphatic heterocycles. The molecule has 0 fully saturated rings. The van der Waals surface area contributed by atoms with Crippen LogP contribution in [-0.4, -0.2) is 29.9 Å². The van der Waals surface area contributed by atoms with Crippen LogP contribution < -0.4 is 15.8 Å². The maximum absolute atomic E-state index is 12.7. The summed E-state index contributed by atoms with van der Waals surface area (Å²) in [5, 5.41) is 3.44. The molecule has 2 aromatic carbocycles. The minimum Gasteiger partial charge on any atom is -0.496 e. The van der Waals surface area contributed by atoms with Gasteiger partial charge in [0.2, 0.25) is 5.91 Å². The van der Waals surface area contributed by atoms with E-state index < -0.39 is 11.9 Å². The highest BCUT2D eigenvalue weighted by molar-refractivity contribution is 6.07. The third kappa shape index (κ3) is 3.64. The van der Waals surface area contributed by atoms with Gasteiger partial charge in [0.05, 0.1) is 18.2 Å². The third-order valence-corrected chi connectivity index (χ3v) is 4.16. The lowest BCUT2D eigenvalue weighted by atomic mass is 10.0. The molecule has 1 aromatic heterocycles. The molecular weight excluding hydrogens is 330 g/mol. The van der Waals surface area contributed by atoms with Gasteiger partial charge < -0.3 is 15.8 Å². The molecule has 3 aromatic rings. The van der Waals surface area contributed by atoms with E-state index in [2.05, 4.69) is 10.3 Å². The van der Waals surface area contributed by atoms with E-state index in [1.807, 2.05) is 42.5 Å². The van der Waals surface area contributed by atoms with Gasteiger partial charge in [0.1, 0.15) is 11.8 Å². The number of nitrogens with one attached hydrogen (secondary N) is 1. The fraction of sp³-hybridized carbons (Fsp3) is 0.150. The zero-order chi connectivity index (χ0) is 18.5. The van der Waals surface area contributed by atoms with Crippen molar-refractivity contribution in [1.29, 1.82) is 0 Å². The standard InChI is InChI=1S/C20H19N3O3/c1-26-18-9-5-2-6-13(18)12-17(19(21)24)23-20(25)15-10-11-22-16-8-4-3-7-14(15)16/h2-11,17H,12H2,1H3,(H2,21,24)(H,23,25)/t17-/m0/s1. The molecule has 0 spiro atoms. The molecule has 0 unspecified atom stereocenters. The number of hydrogen-bond donors (Lipinski definition) is 2. The number of methoxy groups -OCH3 is 1. The molecule has 132 valence electrons. The molecule has 3 N–H and O–H groups in total. The molecule has 1 heterocycles. The van der Waals surface area contributed by atoms with Gasteiger partial charge in [-0.1, -0.05) is 36.4 Å². The first-order valence-corrected chi connectivity index (χ1v) is 8.16. The predicted octanol–water partition coefficient (Wildman–Crippen LogP) is 2.07. The Morgan fingerprint density at radius 1 is 1.12 bits per heavy atom. The van der Waals surface area contributed by atoms with Gasteiger partial charge in [0.15, 0.2) is 0 Å². The molecule has 6 nitrogen and oxygen atoms in total. The number of ether oxygens (including phenoxy) is 1. The number of amides is 2. The number of para-hydroxylation sites is 2. The predicted molar refractivity (Wildman–Crippen MR) is 98.9 cm³/mol. The number of pyridine rings is 1. The number of hydrogen-bond acceptors (Lipinski definition) is 4. The van der Waals surface area contributed by atoms with Gasteiger partial charge in [-0.15, -0.1) is 0 Å². The Kier molecular flexibility index (Phi) is 5.12. The summed E-state index contributed by atoms with van der Waals surface area (Å²) in [5.41, 5.74) is 7.45. The highest BCUT2D eigenvalue weighted by atomic mass is 16.5. The second-order valence-corrected chi connectivity index (χ2v) is 5.82. The second-order valence-electron chi connectivity index (χ2n) is 5.82. The van der Waals surface area contributed by atoms with Crippen molar-refractivity contribution in [3.05, 3.63) is 71.9 Å². The number of fused-ring (bicyclic) bond motifs is 1. The molecule has 0 saturated heterocycles. The van der Waals surface area contributed by atoms with E-state index in [1.54, 1.807) is 25.4 Å². The fourth-order valence-electron chi connectivity index (χ4n) is 2.84. The van der Waals surface area contributed by atoms with Crippen LogP contribution in [0.4, 0.5) is 0 Å². The molecule has 1 atom stereocenters. The molecule has 6 heteroatoms. The maximum atomic E-state index is 12.7. The smallest absolute Gasteiger partial charge is 0.252 e. The van der Waals surface area contributed by atoms with Crippen molar-refractivity contribution in [2.45, 2.75) is 12.5 Å². The van der Waals surface area contributed by atoms with Crippen molar-refractivity contribution in [3.8, 4) is 5.75 Å². The summed E-state index contributed by atoms with van der Waals surface area (Å²) < 4.78 is 5.30. The van der Waals surface area contributed by atoms with Gasteiger partial charge in [-0.05, 0) is 23.8 Å². The molecule has 2 amide bonds. The van der Waals surface area contributed by atoms with E-state index in [0.717, 1.165) is 5.56 Å². The number of rotatable bonds is 6. The molecule has 0 saturated carbocycles. The first-order valence-electron chi connectivity index (χ1n) is 8.16. The van der Waals surface area contributed by atoms with Crippen molar-refractivity contribution in [2.75, 3.05) is 7.11 Å². The van der Waals surface area contributed by atoms with E-state index in [4.69, 9.17) is 10.5 Å². The number of nitrogens with two attached hydrogens (primary N) is 1. The van der Waals surface area contributed by atoms with Crippen LogP contribution in [0.2, 0.25) is 0 Å². The number of benzene rings is 2. The van der Waals surface area contributed by atoms with Gasteiger partial charge in [0.25, 0.3) is 5.91 Å². The monoisotopic (exact) mass is 349 g/mol. The minimum atomic E-state index is -0.856. The Balaban J connectivity index is 1.86. The van der Waals surface area contributed by atoms with Gasteiger partial charge in [-0.25, -0.2) is 0 Å². The summed E-state index contributed by atoms with van der Waals surface area (Å²) in [7, 11) is 1.56. The first kappa shape index (κ1) is 17.4. The molecular formula is C20H19N3O3. The van der Waals surface area contributed by atoms with Gasteiger partial charge in [-0.3, -0.25) is 14.6 Å². The summed E-state index contributed by atoms with van der Waals surface area (Å²) in [6, 6.07) is 15.4. The molecule has 0 radical (unpaired) electrons. The Labute approximate surface area is 151 Å². The Hall–Kier alpha value is -3.41. The summed E-state index contributed by atoms with van der Waals surface area (Å²) >= 11 is 0. The van der Waals surface area contributed by atoms with Crippen molar-refractivity contribution >= 4 is 22.7 Å². The lowest BCUT2D eigenvalue weighted by Crippen LogP contribution is -2.46. The van der Waals surface area contributed by atoms with E-state index in [-0.39, 0.29) is 12.3 Å². The highest BCUT2D eigenvalue weighted by Gasteiger charge is 2.22. The van der Waals surface area contributed by atoms with Crippen LogP contribution in [0.1, 0.15) is 15.9 Å². The first-order chi connectivity index (χ1) is 12.6. The number of carbonyl (C=O) groups is 2. The SMILES string of the molecule is COc1ccccc1C[C@H](NC(=O)c1ccnc2ccccc12)C(N)=O. The Bertz CT molecular complexity index is 950. The number of aromatic nitrogens is 1. The Morgan fingerprint density at radius 2 is 1.85 bits per heavy atom. The Morgan fingerprint density at radius 3 is 2.62 bits per heavy atom. The topological polar surface area (TPSA) is 94.3 Å². The third-order valence-electron chi connectivity index (χ3n) is 4.16. The molecule has 26 heavy (non-hydrogen) atoms. The number of nitrogens with zero attached hydrogens (tertiary/aromatic N) is 1. The molecule has 0 aliphatic carbocycles.